The van der Waals surface area contributed by atoms with Gasteiger partial charge in [0.2, 0.25) is 5.91 Å². The van der Waals surface area contributed by atoms with Crippen LogP contribution in [-0.4, -0.2) is 15.9 Å². The Labute approximate surface area is 116 Å². The molecule has 0 saturated heterocycles. The Morgan fingerprint density at radius 3 is 2.26 bits per heavy atom. The van der Waals surface area contributed by atoms with Gasteiger partial charge in [-0.15, -0.1) is 0 Å². The van der Waals surface area contributed by atoms with Gasteiger partial charge in [-0.3, -0.25) is 9.78 Å². The van der Waals surface area contributed by atoms with Gasteiger partial charge in [0.25, 0.3) is 0 Å². The van der Waals surface area contributed by atoms with Crippen molar-refractivity contribution >= 4 is 11.7 Å². The highest BCUT2D eigenvalue weighted by molar-refractivity contribution is 5.87. The van der Waals surface area contributed by atoms with Gasteiger partial charge in [0.05, 0.1) is 0 Å². The minimum absolute atomic E-state index is 0. The van der Waals surface area contributed by atoms with E-state index in [2.05, 4.69) is 15.3 Å². The molecule has 0 unspecified atom stereocenters. The molecule has 0 aliphatic rings. The minimum Gasteiger partial charge on any atom is -0.311 e. The first kappa shape index (κ1) is 16.8. The smallest absolute Gasteiger partial charge is 0.222 e. The molecule has 2 heterocycles. The number of carbonyl (C=O) groups is 1. The van der Waals surface area contributed by atoms with E-state index >= 15 is 0 Å². The van der Waals surface area contributed by atoms with E-state index in [-0.39, 0.29) is 7.33 Å². The number of aromatic nitrogens is 2. The van der Waals surface area contributed by atoms with Gasteiger partial charge in [-0.05, 0) is 30.7 Å². The van der Waals surface area contributed by atoms with Gasteiger partial charge in [0.15, 0.2) is 0 Å². The Kier molecular flexibility index (Phi) is 9.62. The summed E-state index contributed by atoms with van der Waals surface area (Å²) < 4.78 is 0. The molecular weight excluding hydrogens is 238 g/mol. The second-order valence-electron chi connectivity index (χ2n) is 3.43. The first-order chi connectivity index (χ1) is 9.18. The summed E-state index contributed by atoms with van der Waals surface area (Å²) in [5.74, 6) is 0.494. The van der Waals surface area contributed by atoms with E-state index in [0.29, 0.717) is 5.82 Å². The van der Waals surface area contributed by atoms with E-state index in [1.807, 2.05) is 45.2 Å². The van der Waals surface area contributed by atoms with Crippen molar-refractivity contribution < 1.29 is 6.22 Å². The number of rotatable bonds is 1. The van der Waals surface area contributed by atoms with E-state index in [4.69, 9.17) is 0 Å². The lowest BCUT2D eigenvalue weighted by Crippen LogP contribution is -2.06. The second kappa shape index (κ2) is 10.9. The first-order valence-corrected chi connectivity index (χ1v) is 6.24. The van der Waals surface area contributed by atoms with Crippen molar-refractivity contribution in [2.45, 2.75) is 27.7 Å². The van der Waals surface area contributed by atoms with Crippen LogP contribution in [0.1, 0.15) is 27.8 Å². The molecule has 4 heteroatoms. The predicted molar refractivity (Wildman–Crippen MR) is 81.0 cm³/mol. The van der Waals surface area contributed by atoms with Crippen molar-refractivity contribution in [2.24, 2.45) is 0 Å². The maximum Gasteiger partial charge on any atom is 0.222 e. The number of anilines is 1. The van der Waals surface area contributed by atoms with Gasteiger partial charge in [0, 0.05) is 26.9 Å². The highest BCUT2D eigenvalue weighted by atomic mass is 16.1. The van der Waals surface area contributed by atoms with E-state index in [0.717, 1.165) is 0 Å². The van der Waals surface area contributed by atoms with Crippen LogP contribution in [0.2, 0.25) is 0 Å². The van der Waals surface area contributed by atoms with Gasteiger partial charge in [0.1, 0.15) is 5.82 Å². The molecule has 2 aromatic rings. The third-order valence-electron chi connectivity index (χ3n) is 1.78. The summed E-state index contributed by atoms with van der Waals surface area (Å²) in [6.07, 6.45) is 5.23. The number of pyridine rings is 2. The molecule has 0 saturated carbocycles. The third-order valence-corrected chi connectivity index (χ3v) is 1.78. The van der Waals surface area contributed by atoms with Crippen molar-refractivity contribution in [3.63, 3.8) is 0 Å². The Balaban J connectivity index is 0. The molecule has 104 valence electrons. The van der Waals surface area contributed by atoms with Crippen LogP contribution in [-0.2, 0) is 4.79 Å². The van der Waals surface area contributed by atoms with Crippen LogP contribution in [0.5, 0.6) is 0 Å². The van der Waals surface area contributed by atoms with Crippen molar-refractivity contribution in [3.05, 3.63) is 54.5 Å². The summed E-state index contributed by atoms with van der Waals surface area (Å²) in [6, 6.07) is 9.30. The van der Waals surface area contributed by atoms with Crippen LogP contribution < -0.4 is 5.32 Å². The van der Waals surface area contributed by atoms with E-state index < -0.39 is 0 Å². The summed E-state index contributed by atoms with van der Waals surface area (Å²) in [5.41, 5.74) is 1.21. The monoisotopic (exact) mass is 261 g/mol. The van der Waals surface area contributed by atoms with Crippen LogP contribution in [0.15, 0.2) is 48.9 Å². The molecule has 0 atom stereocenters. The molecule has 0 radical (unpaired) electrons. The standard InChI is InChI=1S/C7H8N2O.C6H7N.C2H6.H2/c1-6(10)9-7-4-2-3-5-8-7;1-6-3-2-4-7-5-6;1-2;/h2-5H,1H3,(H,8,9,10);2-5H,1H3;1-2H3;1H. The fourth-order valence-electron chi connectivity index (χ4n) is 1.07. The van der Waals surface area contributed by atoms with E-state index in [1.54, 1.807) is 24.5 Å². The molecule has 4 nitrogen and oxygen atoms in total. The molecule has 0 fully saturated rings. The lowest BCUT2D eigenvalue weighted by molar-refractivity contribution is -0.114. The molecule has 19 heavy (non-hydrogen) atoms. The summed E-state index contributed by atoms with van der Waals surface area (Å²) in [7, 11) is 0. The average molecular weight is 261 g/mol. The Hall–Kier alpha value is -2.23. The first-order valence-electron chi connectivity index (χ1n) is 6.24. The summed E-state index contributed by atoms with van der Waals surface area (Å²) in [5, 5.41) is 2.55. The maximum absolute atomic E-state index is 10.5. The number of hydrogen-bond donors (Lipinski definition) is 1. The number of nitrogens with zero attached hydrogens (tertiary/aromatic N) is 2. The topological polar surface area (TPSA) is 54.9 Å². The van der Waals surface area contributed by atoms with Gasteiger partial charge in [-0.1, -0.05) is 26.0 Å². The van der Waals surface area contributed by atoms with Gasteiger partial charge in [-0.2, -0.15) is 0 Å². The number of amides is 1. The largest absolute Gasteiger partial charge is 0.311 e. The van der Waals surface area contributed by atoms with E-state index in [1.165, 1.54) is 12.5 Å². The van der Waals surface area contributed by atoms with Crippen molar-refractivity contribution in [1.82, 2.24) is 9.97 Å². The van der Waals surface area contributed by atoms with Crippen LogP contribution in [0.25, 0.3) is 0 Å². The minimum atomic E-state index is -0.0984. The summed E-state index contributed by atoms with van der Waals surface area (Å²) in [6.45, 7) is 7.47. The summed E-state index contributed by atoms with van der Waals surface area (Å²) >= 11 is 0. The number of aryl methyl sites for hydroxylation is 1. The maximum atomic E-state index is 10.5. The molecule has 2 rings (SSSR count). The quantitative estimate of drug-likeness (QED) is 0.851. The molecule has 2 aromatic heterocycles. The normalized spacial score (nSPS) is 8.21. The Morgan fingerprint density at radius 2 is 1.89 bits per heavy atom. The van der Waals surface area contributed by atoms with E-state index in [9.17, 15) is 4.79 Å². The lowest BCUT2D eigenvalue weighted by Gasteiger charge is -1.96. The fourth-order valence-corrected chi connectivity index (χ4v) is 1.07. The molecule has 0 aromatic carbocycles. The molecule has 1 amide bonds. The highest BCUT2D eigenvalue weighted by Gasteiger charge is 1.91. The van der Waals surface area contributed by atoms with Crippen LogP contribution in [0, 0.1) is 6.92 Å². The molecule has 0 spiro atoms. The highest BCUT2D eigenvalue weighted by Crippen LogP contribution is 1.98. The lowest BCUT2D eigenvalue weighted by atomic mass is 10.3. The predicted octanol–water partition coefficient (Wildman–Crippen LogP) is 3.70. The zero-order chi connectivity index (χ0) is 14.5. The molecule has 0 aliphatic carbocycles. The Bertz CT molecular complexity index is 449. The number of carbonyl (C=O) groups excluding carboxylic acids is 1. The number of hydrogen-bond acceptors (Lipinski definition) is 3. The Morgan fingerprint density at radius 1 is 1.16 bits per heavy atom. The van der Waals surface area contributed by atoms with Gasteiger partial charge < -0.3 is 5.32 Å². The molecule has 1 N–H and O–H groups in total. The third kappa shape index (κ3) is 9.47. The second-order valence-corrected chi connectivity index (χ2v) is 3.43. The molecule has 0 aliphatic heterocycles. The number of nitrogens with one attached hydrogen (secondary N) is 1. The molecular formula is C15H23N3O. The van der Waals surface area contributed by atoms with Gasteiger partial charge in [-0.25, -0.2) is 4.98 Å². The van der Waals surface area contributed by atoms with Crippen LogP contribution in [0.4, 0.5) is 5.82 Å². The summed E-state index contributed by atoms with van der Waals surface area (Å²) in [4.78, 5) is 18.2. The van der Waals surface area contributed by atoms with Crippen molar-refractivity contribution in [2.75, 3.05) is 5.32 Å². The molecule has 0 bridgehead atoms. The SMILES string of the molecule is CC.CC(=O)Nc1ccccn1.Cc1cccnc1.[HH]. The van der Waals surface area contributed by atoms with Crippen molar-refractivity contribution in [1.29, 1.82) is 0 Å². The van der Waals surface area contributed by atoms with Gasteiger partial charge >= 0.3 is 0 Å². The zero-order valence-corrected chi connectivity index (χ0v) is 11.9. The zero-order valence-electron chi connectivity index (χ0n) is 11.9. The average Bonchev–Trinajstić information content (AvgIpc) is 2.43. The van der Waals surface area contributed by atoms with Crippen LogP contribution in [0.3, 0.4) is 0 Å². The fraction of sp³-hybridized carbons (Fsp3) is 0.267. The van der Waals surface area contributed by atoms with Crippen LogP contribution >= 0.6 is 0 Å². The van der Waals surface area contributed by atoms with Crippen molar-refractivity contribution in [3.8, 4) is 0 Å².